The lowest BCUT2D eigenvalue weighted by atomic mass is 9.91. The predicted molar refractivity (Wildman–Crippen MR) is 113 cm³/mol. The molecule has 1 fully saturated rings. The van der Waals surface area contributed by atoms with Gasteiger partial charge in [0.2, 0.25) is 0 Å². The van der Waals surface area contributed by atoms with Crippen LogP contribution in [0.2, 0.25) is 0 Å². The number of hydrogen-bond acceptors (Lipinski definition) is 5. The van der Waals surface area contributed by atoms with Crippen LogP contribution in [0, 0.1) is 0 Å². The van der Waals surface area contributed by atoms with E-state index in [1.54, 1.807) is 0 Å². The molecule has 1 saturated heterocycles. The highest BCUT2D eigenvalue weighted by Gasteiger charge is 2.20. The minimum atomic E-state index is -0.138. The standard InChI is InChI=1S/C23H25N3O4/c27-22-14-30-19-10-16(15-3-1-7-28-13-15)9-17(11-19)23-20-12-18(29-8-2-6-24-22)4-5-21(20)25-26-23/h4-5,9-12,15H,1-3,6-8,13-14H2,(H,24,27)(H,25,26). The first kappa shape index (κ1) is 18.9. The number of aromatic amines is 1. The monoisotopic (exact) mass is 407 g/mol. The molecule has 4 bridgehead atoms. The first-order chi connectivity index (χ1) is 14.8. The number of ether oxygens (including phenoxy) is 3. The Kier molecular flexibility index (Phi) is 5.27. The average Bonchev–Trinajstić information content (AvgIpc) is 3.21. The van der Waals surface area contributed by atoms with Crippen molar-refractivity contribution >= 4 is 16.8 Å². The van der Waals surface area contributed by atoms with Crippen LogP contribution in [0.1, 0.15) is 30.7 Å². The smallest absolute Gasteiger partial charge is 0.257 e. The van der Waals surface area contributed by atoms with Crippen molar-refractivity contribution in [1.82, 2.24) is 15.5 Å². The maximum atomic E-state index is 12.2. The first-order valence-electron chi connectivity index (χ1n) is 10.5. The largest absolute Gasteiger partial charge is 0.494 e. The minimum absolute atomic E-state index is 0.0192. The van der Waals surface area contributed by atoms with Crippen LogP contribution in [0.3, 0.4) is 0 Å². The highest BCUT2D eigenvalue weighted by atomic mass is 16.5. The van der Waals surface area contributed by atoms with Gasteiger partial charge in [0.05, 0.1) is 18.7 Å². The Bertz CT molecular complexity index is 1060. The van der Waals surface area contributed by atoms with E-state index in [2.05, 4.69) is 21.6 Å². The minimum Gasteiger partial charge on any atom is -0.494 e. The molecule has 5 rings (SSSR count). The van der Waals surface area contributed by atoms with E-state index in [1.165, 1.54) is 0 Å². The number of amides is 1. The summed E-state index contributed by atoms with van der Waals surface area (Å²) in [5.41, 5.74) is 3.90. The zero-order valence-electron chi connectivity index (χ0n) is 16.8. The second-order valence-corrected chi connectivity index (χ2v) is 7.83. The van der Waals surface area contributed by atoms with Crippen molar-refractivity contribution in [3.8, 4) is 22.8 Å². The number of nitrogens with one attached hydrogen (secondary N) is 2. The number of hydrogen-bond donors (Lipinski definition) is 2. The molecule has 1 aromatic heterocycles. The fourth-order valence-electron chi connectivity index (χ4n) is 4.07. The fraction of sp³-hybridized carbons (Fsp3) is 0.391. The molecular formula is C23H25N3O4. The number of aromatic nitrogens is 2. The zero-order chi connectivity index (χ0) is 20.3. The molecule has 0 aliphatic carbocycles. The summed E-state index contributed by atoms with van der Waals surface area (Å²) < 4.78 is 17.5. The second kappa shape index (κ2) is 8.36. The van der Waals surface area contributed by atoms with Crippen LogP contribution in [0.5, 0.6) is 11.5 Å². The third-order valence-electron chi connectivity index (χ3n) is 5.65. The molecule has 2 N–H and O–H groups in total. The molecule has 2 aliphatic rings. The van der Waals surface area contributed by atoms with Crippen LogP contribution in [0.25, 0.3) is 22.2 Å². The number of rotatable bonds is 1. The van der Waals surface area contributed by atoms with E-state index < -0.39 is 0 Å². The van der Waals surface area contributed by atoms with Gasteiger partial charge in [0, 0.05) is 30.0 Å². The number of nitrogens with zero attached hydrogens (tertiary/aromatic N) is 1. The summed E-state index contributed by atoms with van der Waals surface area (Å²) in [6.07, 6.45) is 2.84. The molecule has 1 atom stereocenters. The van der Waals surface area contributed by atoms with E-state index in [1.807, 2.05) is 30.3 Å². The Morgan fingerprint density at radius 1 is 1.00 bits per heavy atom. The molecule has 1 unspecified atom stereocenters. The summed E-state index contributed by atoms with van der Waals surface area (Å²) >= 11 is 0. The molecule has 2 aromatic carbocycles. The van der Waals surface area contributed by atoms with Gasteiger partial charge in [-0.25, -0.2) is 0 Å². The quantitative estimate of drug-likeness (QED) is 0.646. The van der Waals surface area contributed by atoms with Crippen molar-refractivity contribution in [3.63, 3.8) is 0 Å². The molecule has 30 heavy (non-hydrogen) atoms. The third kappa shape index (κ3) is 3.98. The van der Waals surface area contributed by atoms with Crippen molar-refractivity contribution in [3.05, 3.63) is 42.0 Å². The third-order valence-corrected chi connectivity index (χ3v) is 5.65. The van der Waals surface area contributed by atoms with Gasteiger partial charge in [-0.1, -0.05) is 0 Å². The fourth-order valence-corrected chi connectivity index (χ4v) is 4.07. The zero-order valence-corrected chi connectivity index (χ0v) is 16.8. The lowest BCUT2D eigenvalue weighted by Gasteiger charge is -2.23. The average molecular weight is 407 g/mol. The Balaban J connectivity index is 1.60. The molecule has 2 aliphatic heterocycles. The van der Waals surface area contributed by atoms with Crippen LogP contribution >= 0.6 is 0 Å². The SMILES string of the molecule is O=C1COc2cc(cc(C3CCCOC3)c2)-c2n[nH]c3ccc(cc23)OCCCN1. The first-order valence-corrected chi connectivity index (χ1v) is 10.5. The molecule has 7 nitrogen and oxygen atoms in total. The van der Waals surface area contributed by atoms with Gasteiger partial charge in [-0.2, -0.15) is 5.10 Å². The maximum Gasteiger partial charge on any atom is 0.257 e. The normalized spacial score (nSPS) is 20.0. The Hall–Kier alpha value is -3.06. The van der Waals surface area contributed by atoms with Crippen LogP contribution in [0.4, 0.5) is 0 Å². The maximum absolute atomic E-state index is 12.2. The highest BCUT2D eigenvalue weighted by Crippen LogP contribution is 2.35. The Morgan fingerprint density at radius 2 is 1.97 bits per heavy atom. The predicted octanol–water partition coefficient (Wildman–Crippen LogP) is 3.40. The van der Waals surface area contributed by atoms with E-state index in [4.69, 9.17) is 14.2 Å². The summed E-state index contributed by atoms with van der Waals surface area (Å²) in [6, 6.07) is 12.1. The van der Waals surface area contributed by atoms with Crippen LogP contribution in [-0.2, 0) is 9.53 Å². The van der Waals surface area contributed by atoms with E-state index in [0.717, 1.165) is 59.3 Å². The summed E-state index contributed by atoms with van der Waals surface area (Å²) in [7, 11) is 0. The Morgan fingerprint density at radius 3 is 2.87 bits per heavy atom. The van der Waals surface area contributed by atoms with E-state index >= 15 is 0 Å². The van der Waals surface area contributed by atoms with Crippen molar-refractivity contribution in [1.29, 1.82) is 0 Å². The summed E-state index contributed by atoms with van der Waals surface area (Å²) in [4.78, 5) is 12.2. The molecule has 156 valence electrons. The van der Waals surface area contributed by atoms with E-state index in [0.29, 0.717) is 31.4 Å². The van der Waals surface area contributed by atoms with Crippen LogP contribution in [-0.4, -0.2) is 49.1 Å². The number of benzene rings is 2. The van der Waals surface area contributed by atoms with E-state index in [9.17, 15) is 4.79 Å². The van der Waals surface area contributed by atoms with Gasteiger partial charge in [0.15, 0.2) is 6.61 Å². The van der Waals surface area contributed by atoms with Gasteiger partial charge in [0.25, 0.3) is 5.91 Å². The number of carbonyl (C=O) groups excluding carboxylic acids is 1. The van der Waals surface area contributed by atoms with Crippen LogP contribution < -0.4 is 14.8 Å². The van der Waals surface area contributed by atoms with Gasteiger partial charge in [-0.15, -0.1) is 0 Å². The van der Waals surface area contributed by atoms with Gasteiger partial charge in [-0.05, 0) is 61.2 Å². The number of fused-ring (bicyclic) bond motifs is 4. The molecule has 3 heterocycles. The second-order valence-electron chi connectivity index (χ2n) is 7.83. The van der Waals surface area contributed by atoms with Gasteiger partial charge >= 0.3 is 0 Å². The van der Waals surface area contributed by atoms with Gasteiger partial charge in [-0.3, -0.25) is 9.89 Å². The number of carbonyl (C=O) groups is 1. The molecule has 0 saturated carbocycles. The molecule has 3 aromatic rings. The summed E-state index contributed by atoms with van der Waals surface area (Å²) in [6.45, 7) is 2.56. The topological polar surface area (TPSA) is 85.5 Å². The molecule has 1 amide bonds. The van der Waals surface area contributed by atoms with Crippen molar-refractivity contribution in [2.24, 2.45) is 0 Å². The van der Waals surface area contributed by atoms with Gasteiger partial charge in [0.1, 0.15) is 17.2 Å². The van der Waals surface area contributed by atoms with Crippen molar-refractivity contribution < 1.29 is 19.0 Å². The molecular weight excluding hydrogens is 382 g/mol. The summed E-state index contributed by atoms with van der Waals surface area (Å²) in [5.74, 6) is 1.63. The molecule has 0 radical (unpaired) electrons. The van der Waals surface area contributed by atoms with Crippen molar-refractivity contribution in [2.75, 3.05) is 33.0 Å². The summed E-state index contributed by atoms with van der Waals surface area (Å²) in [5, 5.41) is 11.6. The van der Waals surface area contributed by atoms with Gasteiger partial charge < -0.3 is 19.5 Å². The lowest BCUT2D eigenvalue weighted by molar-refractivity contribution is -0.123. The van der Waals surface area contributed by atoms with E-state index in [-0.39, 0.29) is 12.5 Å². The van der Waals surface area contributed by atoms with Crippen molar-refractivity contribution in [2.45, 2.75) is 25.2 Å². The molecule has 0 spiro atoms. The Labute approximate surface area is 174 Å². The van der Waals surface area contributed by atoms with Crippen LogP contribution in [0.15, 0.2) is 36.4 Å². The lowest BCUT2D eigenvalue weighted by Crippen LogP contribution is -2.30. The highest BCUT2D eigenvalue weighted by molar-refractivity contribution is 5.94. The number of H-pyrrole nitrogens is 1. The molecule has 7 heteroatoms.